The van der Waals surface area contributed by atoms with Gasteiger partial charge >= 0.3 is 17.8 Å². The summed E-state index contributed by atoms with van der Waals surface area (Å²) in [5, 5.41) is 22.4. The summed E-state index contributed by atoms with van der Waals surface area (Å²) in [4.78, 5) is 38.1. The van der Waals surface area contributed by atoms with Gasteiger partial charge in [-0.15, -0.1) is 0 Å². The zero-order valence-corrected chi connectivity index (χ0v) is 19.5. The number of carboxylic acids is 1. The van der Waals surface area contributed by atoms with Gasteiger partial charge < -0.3 is 5.11 Å². The van der Waals surface area contributed by atoms with Crippen LogP contribution in [0, 0.1) is 18.3 Å². The van der Waals surface area contributed by atoms with Crippen LogP contribution in [0.15, 0.2) is 63.8 Å². The van der Waals surface area contributed by atoms with E-state index in [1.54, 1.807) is 24.3 Å². The maximum absolute atomic E-state index is 13.5. The highest BCUT2D eigenvalue weighted by molar-refractivity contribution is 5.68. The highest BCUT2D eigenvalue weighted by Gasteiger charge is 2.34. The Morgan fingerprint density at radius 3 is 2.51 bits per heavy atom. The normalized spacial score (nSPS) is 13.6. The summed E-state index contributed by atoms with van der Waals surface area (Å²) < 4.78 is 43.4. The van der Waals surface area contributed by atoms with Gasteiger partial charge in [0.05, 0.1) is 46.8 Å². The van der Waals surface area contributed by atoms with Crippen LogP contribution in [0.5, 0.6) is 0 Å². The van der Waals surface area contributed by atoms with Crippen molar-refractivity contribution in [3.63, 3.8) is 0 Å². The molecule has 0 bridgehead atoms. The van der Waals surface area contributed by atoms with Gasteiger partial charge in [0, 0.05) is 17.9 Å². The monoisotopic (exact) mass is 511 g/mol. The molecule has 0 aliphatic heterocycles. The number of halogens is 3. The first-order valence-electron chi connectivity index (χ1n) is 11.1. The van der Waals surface area contributed by atoms with Gasteiger partial charge in [0.25, 0.3) is 5.56 Å². The molecule has 0 fully saturated rings. The molecule has 2 aromatic heterocycles. The van der Waals surface area contributed by atoms with E-state index in [-0.39, 0.29) is 35.5 Å². The molecule has 1 N–H and O–H groups in total. The largest absolute Gasteiger partial charge is 0.481 e. The molecule has 0 saturated heterocycles. The number of hydrogen-bond donors (Lipinski definition) is 1. The SMILES string of the molecule is Cc1c(-c2ccnn2-c2ccc(C#N)cc2)c(=O)n(CCC(=O)O)c(=O)n1C1=CC(C(F)(F)F)=CCC1. The fourth-order valence-corrected chi connectivity index (χ4v) is 4.23. The van der Waals surface area contributed by atoms with E-state index in [0.717, 1.165) is 21.3 Å². The second-order valence-electron chi connectivity index (χ2n) is 8.30. The number of hydrogen-bond acceptors (Lipinski definition) is 5. The molecule has 0 unspecified atom stereocenters. The number of aromatic nitrogens is 4. The summed E-state index contributed by atoms with van der Waals surface area (Å²) in [5.74, 6) is -1.25. The Kier molecular flexibility index (Phi) is 6.72. The van der Waals surface area contributed by atoms with Crippen LogP contribution >= 0.6 is 0 Å². The molecule has 0 spiro atoms. The van der Waals surface area contributed by atoms with E-state index >= 15 is 0 Å². The molecule has 1 aromatic carbocycles. The van der Waals surface area contributed by atoms with Gasteiger partial charge in [-0.1, -0.05) is 6.08 Å². The average molecular weight is 511 g/mol. The molecule has 0 radical (unpaired) electrons. The Morgan fingerprint density at radius 1 is 1.19 bits per heavy atom. The Labute approximate surface area is 207 Å². The number of carboxylic acid groups (broad SMARTS) is 1. The molecule has 1 aliphatic carbocycles. The lowest BCUT2D eigenvalue weighted by Gasteiger charge is -2.22. The van der Waals surface area contributed by atoms with E-state index in [0.29, 0.717) is 11.3 Å². The van der Waals surface area contributed by atoms with Crippen LogP contribution in [-0.2, 0) is 11.3 Å². The minimum Gasteiger partial charge on any atom is -0.481 e. The van der Waals surface area contributed by atoms with E-state index in [1.165, 1.54) is 23.9 Å². The number of rotatable bonds is 6. The van der Waals surface area contributed by atoms with Crippen LogP contribution in [-0.4, -0.2) is 36.2 Å². The van der Waals surface area contributed by atoms with Crippen LogP contribution in [0.4, 0.5) is 13.2 Å². The van der Waals surface area contributed by atoms with Crippen molar-refractivity contribution in [2.45, 2.75) is 38.9 Å². The summed E-state index contributed by atoms with van der Waals surface area (Å²) >= 11 is 0. The van der Waals surface area contributed by atoms with Gasteiger partial charge in [-0.2, -0.15) is 23.5 Å². The quantitative estimate of drug-likeness (QED) is 0.539. The second-order valence-corrected chi connectivity index (χ2v) is 8.30. The minimum atomic E-state index is -4.63. The first kappa shape index (κ1) is 25.4. The lowest BCUT2D eigenvalue weighted by molar-refractivity contribution is -0.137. The van der Waals surface area contributed by atoms with Gasteiger partial charge in [0.15, 0.2) is 0 Å². The van der Waals surface area contributed by atoms with E-state index in [9.17, 15) is 27.6 Å². The van der Waals surface area contributed by atoms with Gasteiger partial charge in [0.2, 0.25) is 0 Å². The maximum Gasteiger partial charge on any atom is 0.416 e. The third-order valence-corrected chi connectivity index (χ3v) is 5.97. The van der Waals surface area contributed by atoms with E-state index in [4.69, 9.17) is 10.4 Å². The first-order chi connectivity index (χ1) is 17.5. The molecular formula is C25H20F3N5O4. The van der Waals surface area contributed by atoms with Crippen LogP contribution in [0.1, 0.15) is 30.5 Å². The highest BCUT2D eigenvalue weighted by atomic mass is 19.4. The van der Waals surface area contributed by atoms with Crippen molar-refractivity contribution < 1.29 is 23.1 Å². The van der Waals surface area contributed by atoms with Gasteiger partial charge in [-0.3, -0.25) is 18.7 Å². The molecule has 37 heavy (non-hydrogen) atoms. The number of nitriles is 1. The van der Waals surface area contributed by atoms with E-state index < -0.39 is 41.9 Å². The molecule has 0 saturated carbocycles. The summed E-state index contributed by atoms with van der Waals surface area (Å²) in [6, 6.07) is 9.82. The third-order valence-electron chi connectivity index (χ3n) is 5.97. The fraction of sp³-hybridized carbons (Fsp3) is 0.240. The summed E-state index contributed by atoms with van der Waals surface area (Å²) in [5.41, 5.74) is -1.39. The summed E-state index contributed by atoms with van der Waals surface area (Å²) in [6.07, 6.45) is -1.73. The predicted molar refractivity (Wildman–Crippen MR) is 127 cm³/mol. The van der Waals surface area contributed by atoms with Crippen molar-refractivity contribution in [2.75, 3.05) is 0 Å². The smallest absolute Gasteiger partial charge is 0.416 e. The van der Waals surface area contributed by atoms with Crippen molar-refractivity contribution in [1.82, 2.24) is 18.9 Å². The summed E-state index contributed by atoms with van der Waals surface area (Å²) in [6.45, 7) is 0.975. The van der Waals surface area contributed by atoms with Crippen molar-refractivity contribution in [1.29, 1.82) is 5.26 Å². The number of aliphatic carboxylic acids is 1. The lowest BCUT2D eigenvalue weighted by Crippen LogP contribution is -2.42. The van der Waals surface area contributed by atoms with Crippen molar-refractivity contribution in [3.8, 4) is 23.0 Å². The topological polar surface area (TPSA) is 123 Å². The molecular weight excluding hydrogens is 491 g/mol. The van der Waals surface area contributed by atoms with Crippen molar-refractivity contribution in [2.24, 2.45) is 0 Å². The average Bonchev–Trinajstić information content (AvgIpc) is 3.33. The molecule has 3 aromatic rings. The van der Waals surface area contributed by atoms with E-state index in [1.807, 2.05) is 6.07 Å². The van der Waals surface area contributed by atoms with Crippen LogP contribution in [0.25, 0.3) is 22.6 Å². The molecule has 2 heterocycles. The minimum absolute atomic E-state index is 0.0177. The Morgan fingerprint density at radius 2 is 1.89 bits per heavy atom. The second kappa shape index (κ2) is 9.77. The Balaban J connectivity index is 1.99. The van der Waals surface area contributed by atoms with Crippen LogP contribution < -0.4 is 11.2 Å². The van der Waals surface area contributed by atoms with Crippen molar-refractivity contribution in [3.05, 3.63) is 86.3 Å². The molecule has 0 atom stereocenters. The molecule has 0 amide bonds. The zero-order chi connectivity index (χ0) is 26.9. The number of alkyl halides is 3. The lowest BCUT2D eigenvalue weighted by atomic mass is 10.0. The molecule has 190 valence electrons. The van der Waals surface area contributed by atoms with Crippen LogP contribution in [0.3, 0.4) is 0 Å². The third kappa shape index (κ3) is 4.88. The predicted octanol–water partition coefficient (Wildman–Crippen LogP) is 3.64. The number of carbonyl (C=O) groups is 1. The highest BCUT2D eigenvalue weighted by Crippen LogP contribution is 2.33. The maximum atomic E-state index is 13.5. The molecule has 1 aliphatic rings. The fourth-order valence-electron chi connectivity index (χ4n) is 4.23. The Bertz CT molecular complexity index is 1600. The zero-order valence-electron chi connectivity index (χ0n) is 19.5. The molecule has 9 nitrogen and oxygen atoms in total. The number of benzene rings is 1. The standard InChI is InChI=1S/C25H20F3N5O4/c1-15-22(20-9-11-30-33(20)18-7-5-16(14-29)6-8-18)23(36)31(12-10-21(34)35)24(37)32(15)19-4-2-3-17(13-19)25(26,27)28/h3,5-9,11,13H,2,4,10,12H2,1H3,(H,34,35). The van der Waals surface area contributed by atoms with Gasteiger partial charge in [-0.25, -0.2) is 9.48 Å². The summed E-state index contributed by atoms with van der Waals surface area (Å²) in [7, 11) is 0. The first-order valence-corrected chi connectivity index (χ1v) is 11.1. The van der Waals surface area contributed by atoms with Gasteiger partial charge in [0.1, 0.15) is 0 Å². The van der Waals surface area contributed by atoms with E-state index in [2.05, 4.69) is 5.10 Å². The molecule has 4 rings (SSSR count). The number of nitrogens with zero attached hydrogens (tertiary/aromatic N) is 5. The molecule has 12 heteroatoms. The Hall–Kier alpha value is -4.66. The number of allylic oxidation sites excluding steroid dienone is 4. The van der Waals surface area contributed by atoms with Crippen molar-refractivity contribution >= 4 is 11.7 Å². The van der Waals surface area contributed by atoms with Gasteiger partial charge in [-0.05, 0) is 56.2 Å². The van der Waals surface area contributed by atoms with Crippen LogP contribution in [0.2, 0.25) is 0 Å².